The zero-order valence-electron chi connectivity index (χ0n) is 14.0. The van der Waals surface area contributed by atoms with E-state index in [1.165, 1.54) is 37.7 Å². The van der Waals surface area contributed by atoms with Crippen LogP contribution in [0, 0.1) is 18.7 Å². The minimum Gasteiger partial charge on any atom is -0.312 e. The van der Waals surface area contributed by atoms with Crippen molar-refractivity contribution in [3.63, 3.8) is 0 Å². The summed E-state index contributed by atoms with van der Waals surface area (Å²) in [6.45, 7) is 9.60. The van der Waals surface area contributed by atoms with Crippen LogP contribution in [0.15, 0.2) is 18.2 Å². The Balaban J connectivity index is 2.16. The zero-order chi connectivity index (χ0) is 15.5. The van der Waals surface area contributed by atoms with E-state index in [1.54, 1.807) is 6.07 Å². The number of hydrogen-bond donors (Lipinski definition) is 1. The molecule has 1 fully saturated rings. The van der Waals surface area contributed by atoms with Crippen LogP contribution < -0.4 is 5.32 Å². The maximum Gasteiger partial charge on any atom is 0.126 e. The lowest BCUT2D eigenvalue weighted by atomic mass is 9.81. The lowest BCUT2D eigenvalue weighted by molar-refractivity contribution is 0.322. The van der Waals surface area contributed by atoms with E-state index in [2.05, 4.69) is 32.2 Å². The minimum absolute atomic E-state index is 0.0864. The summed E-state index contributed by atoms with van der Waals surface area (Å²) >= 11 is 0. The number of aryl methyl sites for hydroxylation is 1. The first-order valence-corrected chi connectivity index (χ1v) is 8.38. The molecule has 0 amide bonds. The van der Waals surface area contributed by atoms with Gasteiger partial charge in [0.1, 0.15) is 5.82 Å². The number of halogens is 1. The van der Waals surface area contributed by atoms with Gasteiger partial charge in [-0.15, -0.1) is 0 Å². The molecular weight excluding hydrogens is 261 g/mol. The van der Waals surface area contributed by atoms with Crippen LogP contribution in [-0.4, -0.2) is 12.1 Å². The van der Waals surface area contributed by atoms with Crippen molar-refractivity contribution in [1.82, 2.24) is 5.32 Å². The fraction of sp³-hybridized carbons (Fsp3) is 0.684. The van der Waals surface area contributed by atoms with Gasteiger partial charge < -0.3 is 5.32 Å². The maximum absolute atomic E-state index is 13.5. The van der Waals surface area contributed by atoms with E-state index in [0.717, 1.165) is 12.1 Å². The maximum atomic E-state index is 13.5. The first-order chi connectivity index (χ1) is 9.87. The first kappa shape index (κ1) is 16.5. The summed E-state index contributed by atoms with van der Waals surface area (Å²) in [6, 6.07) is 5.71. The number of nitrogens with one attached hydrogen (secondary N) is 1. The first-order valence-electron chi connectivity index (χ1n) is 8.38. The number of benzene rings is 1. The Morgan fingerprint density at radius 3 is 2.52 bits per heavy atom. The van der Waals surface area contributed by atoms with Gasteiger partial charge in [-0.3, -0.25) is 0 Å². The molecule has 1 aliphatic rings. The molecule has 2 rings (SSSR count). The molecule has 1 aromatic rings. The van der Waals surface area contributed by atoms with Crippen molar-refractivity contribution < 1.29 is 4.39 Å². The molecule has 0 radical (unpaired) electrons. The second-order valence-corrected chi connectivity index (χ2v) is 7.64. The van der Waals surface area contributed by atoms with Gasteiger partial charge in [-0.25, -0.2) is 4.39 Å². The Labute approximate surface area is 129 Å². The van der Waals surface area contributed by atoms with Crippen LogP contribution in [0.4, 0.5) is 4.39 Å². The Bertz CT molecular complexity index is 461. The summed E-state index contributed by atoms with van der Waals surface area (Å²) in [5, 5.41) is 3.67. The fourth-order valence-electron chi connectivity index (χ4n) is 3.40. The lowest BCUT2D eigenvalue weighted by Crippen LogP contribution is -2.40. The van der Waals surface area contributed by atoms with Gasteiger partial charge in [0, 0.05) is 5.54 Å². The molecule has 0 aromatic heterocycles. The van der Waals surface area contributed by atoms with Gasteiger partial charge in [0.15, 0.2) is 0 Å². The Morgan fingerprint density at radius 1 is 1.14 bits per heavy atom. The van der Waals surface area contributed by atoms with Crippen LogP contribution in [-0.2, 0) is 0 Å². The highest BCUT2D eigenvalue weighted by atomic mass is 19.1. The molecule has 2 unspecified atom stereocenters. The monoisotopic (exact) mass is 291 g/mol. The van der Waals surface area contributed by atoms with Gasteiger partial charge in [-0.2, -0.15) is 0 Å². The predicted octanol–water partition coefficient (Wildman–Crippen LogP) is 5.19. The topological polar surface area (TPSA) is 12.0 Å². The normalized spacial score (nSPS) is 23.9. The van der Waals surface area contributed by atoms with Gasteiger partial charge >= 0.3 is 0 Å². The van der Waals surface area contributed by atoms with Crippen molar-refractivity contribution in [3.8, 4) is 0 Å². The van der Waals surface area contributed by atoms with E-state index < -0.39 is 0 Å². The van der Waals surface area contributed by atoms with Crippen LogP contribution in [0.2, 0.25) is 0 Å². The second kappa shape index (κ2) is 6.91. The van der Waals surface area contributed by atoms with Crippen molar-refractivity contribution >= 4 is 0 Å². The summed E-state index contributed by atoms with van der Waals surface area (Å²) in [7, 11) is 0. The Hall–Kier alpha value is -0.890. The molecule has 1 saturated carbocycles. The van der Waals surface area contributed by atoms with Crippen LogP contribution in [0.3, 0.4) is 0 Å². The second-order valence-electron chi connectivity index (χ2n) is 7.64. The van der Waals surface area contributed by atoms with E-state index in [0.29, 0.717) is 11.8 Å². The summed E-state index contributed by atoms with van der Waals surface area (Å²) in [5.41, 5.74) is 2.27. The molecule has 21 heavy (non-hydrogen) atoms. The van der Waals surface area contributed by atoms with E-state index >= 15 is 0 Å². The smallest absolute Gasteiger partial charge is 0.126 e. The van der Waals surface area contributed by atoms with Crippen molar-refractivity contribution in [1.29, 1.82) is 0 Å². The van der Waals surface area contributed by atoms with Crippen molar-refractivity contribution in [3.05, 3.63) is 35.1 Å². The number of rotatable bonds is 3. The average molecular weight is 291 g/mol. The van der Waals surface area contributed by atoms with Crippen molar-refractivity contribution in [2.24, 2.45) is 5.92 Å². The fourth-order valence-corrected chi connectivity index (χ4v) is 3.40. The standard InChI is InChI=1S/C19H30FN/c1-14-12-15(10-11-18(14)20)17-9-7-5-6-8-16(17)13-21-19(2,3)4/h10-12,16-17,21H,5-9,13H2,1-4H3. The van der Waals surface area contributed by atoms with Gasteiger partial charge in [-0.1, -0.05) is 31.4 Å². The molecule has 2 atom stereocenters. The molecule has 0 saturated heterocycles. The SMILES string of the molecule is Cc1cc(C2CCCCCC2CNC(C)(C)C)ccc1F. The highest BCUT2D eigenvalue weighted by Crippen LogP contribution is 2.37. The highest BCUT2D eigenvalue weighted by Gasteiger charge is 2.26. The van der Waals surface area contributed by atoms with E-state index in [-0.39, 0.29) is 11.4 Å². The zero-order valence-corrected chi connectivity index (χ0v) is 14.0. The molecule has 1 aromatic carbocycles. The third-order valence-electron chi connectivity index (χ3n) is 4.66. The third-order valence-corrected chi connectivity index (χ3v) is 4.66. The van der Waals surface area contributed by atoms with E-state index in [9.17, 15) is 4.39 Å². The minimum atomic E-state index is -0.0864. The number of hydrogen-bond acceptors (Lipinski definition) is 1. The van der Waals surface area contributed by atoms with Gasteiger partial charge in [-0.05, 0) is 76.1 Å². The molecule has 1 N–H and O–H groups in total. The average Bonchev–Trinajstić information content (AvgIpc) is 2.64. The largest absolute Gasteiger partial charge is 0.312 e. The van der Waals surface area contributed by atoms with E-state index in [1.807, 2.05) is 13.0 Å². The van der Waals surface area contributed by atoms with Crippen LogP contribution >= 0.6 is 0 Å². The molecule has 2 heteroatoms. The van der Waals surface area contributed by atoms with Gasteiger partial charge in [0.05, 0.1) is 0 Å². The highest BCUT2D eigenvalue weighted by molar-refractivity contribution is 5.27. The van der Waals surface area contributed by atoms with Gasteiger partial charge in [0.25, 0.3) is 0 Å². The van der Waals surface area contributed by atoms with Crippen LogP contribution in [0.1, 0.15) is 69.9 Å². The van der Waals surface area contributed by atoms with E-state index in [4.69, 9.17) is 0 Å². The molecule has 0 bridgehead atoms. The van der Waals surface area contributed by atoms with Crippen molar-refractivity contribution in [2.45, 2.75) is 71.3 Å². The summed E-state index contributed by atoms with van der Waals surface area (Å²) in [6.07, 6.45) is 6.48. The summed E-state index contributed by atoms with van der Waals surface area (Å²) < 4.78 is 13.5. The molecule has 0 aliphatic heterocycles. The molecule has 1 nitrogen and oxygen atoms in total. The summed E-state index contributed by atoms with van der Waals surface area (Å²) in [5.74, 6) is 1.15. The lowest BCUT2D eigenvalue weighted by Gasteiger charge is -2.30. The summed E-state index contributed by atoms with van der Waals surface area (Å²) in [4.78, 5) is 0. The predicted molar refractivity (Wildman–Crippen MR) is 88.2 cm³/mol. The van der Waals surface area contributed by atoms with Crippen molar-refractivity contribution in [2.75, 3.05) is 6.54 Å². The van der Waals surface area contributed by atoms with Gasteiger partial charge in [0.2, 0.25) is 0 Å². The molecule has 0 heterocycles. The molecule has 0 spiro atoms. The Kier molecular flexibility index (Phi) is 5.43. The van der Waals surface area contributed by atoms with Crippen LogP contribution in [0.5, 0.6) is 0 Å². The molecule has 118 valence electrons. The molecular formula is C19H30FN. The Morgan fingerprint density at radius 2 is 1.86 bits per heavy atom. The van der Waals surface area contributed by atoms with Crippen LogP contribution in [0.25, 0.3) is 0 Å². The third kappa shape index (κ3) is 4.81. The quantitative estimate of drug-likeness (QED) is 0.756. The molecule has 1 aliphatic carbocycles.